The Kier molecular flexibility index (Phi) is 5.54. The lowest BCUT2D eigenvalue weighted by molar-refractivity contribution is -0.384. The minimum atomic E-state index is -0.529. The van der Waals surface area contributed by atoms with E-state index in [4.69, 9.17) is 11.6 Å². The predicted octanol–water partition coefficient (Wildman–Crippen LogP) is 5.54. The van der Waals surface area contributed by atoms with Crippen molar-refractivity contribution in [1.29, 1.82) is 0 Å². The predicted molar refractivity (Wildman–Crippen MR) is 111 cm³/mol. The largest absolute Gasteiger partial charge is 0.298 e. The molecule has 0 radical (unpaired) electrons. The Bertz CT molecular complexity index is 1000. The zero-order valence-electron chi connectivity index (χ0n) is 13.3. The Balaban J connectivity index is 1.87. The van der Waals surface area contributed by atoms with Crippen LogP contribution in [-0.2, 0) is 0 Å². The first-order valence-corrected chi connectivity index (χ1v) is 9.61. The number of hydrogen-bond donors (Lipinski definition) is 1. The number of rotatable bonds is 4. The average molecular weight is 500 g/mol. The molecule has 0 aliphatic carbocycles. The molecule has 1 amide bonds. The maximum Gasteiger partial charge on any atom is 0.270 e. The highest BCUT2D eigenvalue weighted by molar-refractivity contribution is 14.1. The highest BCUT2D eigenvalue weighted by Gasteiger charge is 2.18. The molecule has 0 bridgehead atoms. The normalized spacial score (nSPS) is 10.6. The molecule has 6 nitrogen and oxygen atoms in total. The van der Waals surface area contributed by atoms with E-state index in [2.05, 4.69) is 10.3 Å². The van der Waals surface area contributed by atoms with Crippen LogP contribution in [0, 0.1) is 20.6 Å². The van der Waals surface area contributed by atoms with E-state index in [1.54, 1.807) is 18.2 Å². The number of nitrogens with one attached hydrogen (secondary N) is 1. The third-order valence-electron chi connectivity index (χ3n) is 3.54. The molecule has 0 aliphatic heterocycles. The van der Waals surface area contributed by atoms with E-state index in [0.29, 0.717) is 13.7 Å². The zero-order valence-corrected chi connectivity index (χ0v) is 17.1. The Hall–Kier alpha value is -2.04. The summed E-state index contributed by atoms with van der Waals surface area (Å²) in [5, 5.41) is 14.7. The van der Waals surface area contributed by atoms with Gasteiger partial charge in [0.25, 0.3) is 11.6 Å². The highest BCUT2D eigenvalue weighted by atomic mass is 127. The van der Waals surface area contributed by atoms with Gasteiger partial charge in [-0.15, -0.1) is 11.3 Å². The van der Waals surface area contributed by atoms with Gasteiger partial charge in [-0.25, -0.2) is 4.98 Å². The van der Waals surface area contributed by atoms with Crippen molar-refractivity contribution in [2.75, 3.05) is 5.32 Å². The Morgan fingerprint density at radius 2 is 1.96 bits per heavy atom. The van der Waals surface area contributed by atoms with E-state index in [9.17, 15) is 14.9 Å². The number of aryl methyl sites for hydroxylation is 1. The van der Waals surface area contributed by atoms with Crippen LogP contribution < -0.4 is 5.32 Å². The number of non-ortho nitro benzene ring substituents is 1. The number of amides is 1. The van der Waals surface area contributed by atoms with Crippen molar-refractivity contribution < 1.29 is 9.72 Å². The van der Waals surface area contributed by atoms with Crippen molar-refractivity contribution >= 4 is 62.3 Å². The van der Waals surface area contributed by atoms with E-state index in [1.807, 2.05) is 41.6 Å². The smallest absolute Gasteiger partial charge is 0.270 e. The summed E-state index contributed by atoms with van der Waals surface area (Å²) in [7, 11) is 0. The number of benzene rings is 2. The summed E-state index contributed by atoms with van der Waals surface area (Å²) < 4.78 is 0.622. The molecule has 0 unspecified atom stereocenters. The van der Waals surface area contributed by atoms with Gasteiger partial charge in [0.05, 0.1) is 16.2 Å². The van der Waals surface area contributed by atoms with Gasteiger partial charge in [0.15, 0.2) is 5.13 Å². The molecule has 0 fully saturated rings. The van der Waals surface area contributed by atoms with Gasteiger partial charge in [0.2, 0.25) is 0 Å². The second kappa shape index (κ2) is 7.68. The maximum absolute atomic E-state index is 12.5. The van der Waals surface area contributed by atoms with Gasteiger partial charge < -0.3 is 0 Å². The monoisotopic (exact) mass is 499 g/mol. The van der Waals surface area contributed by atoms with Crippen molar-refractivity contribution in [2.45, 2.75) is 6.92 Å². The summed E-state index contributed by atoms with van der Waals surface area (Å²) in [4.78, 5) is 28.3. The molecule has 1 N–H and O–H groups in total. The molecular weight excluding hydrogens is 489 g/mol. The van der Waals surface area contributed by atoms with Gasteiger partial charge in [-0.05, 0) is 47.7 Å². The molecule has 3 aromatic rings. The topological polar surface area (TPSA) is 85.1 Å². The third kappa shape index (κ3) is 4.02. The summed E-state index contributed by atoms with van der Waals surface area (Å²) in [6.45, 7) is 1.91. The SMILES string of the molecule is Cc1sc(NC(=O)c2cc([N+](=O)[O-])ccc2I)nc1-c1ccc(Cl)cc1. The highest BCUT2D eigenvalue weighted by Crippen LogP contribution is 2.31. The minimum Gasteiger partial charge on any atom is -0.298 e. The van der Waals surface area contributed by atoms with Crippen LogP contribution in [0.15, 0.2) is 42.5 Å². The minimum absolute atomic E-state index is 0.132. The third-order valence-corrected chi connectivity index (χ3v) is 5.62. The number of carbonyl (C=O) groups is 1. The number of nitrogens with zero attached hydrogens (tertiary/aromatic N) is 2. The lowest BCUT2D eigenvalue weighted by Crippen LogP contribution is -2.13. The summed E-state index contributed by atoms with van der Waals surface area (Å²) >= 11 is 9.22. The number of aromatic nitrogens is 1. The van der Waals surface area contributed by atoms with Crippen molar-refractivity contribution in [3.8, 4) is 11.3 Å². The summed E-state index contributed by atoms with van der Waals surface area (Å²) in [5.41, 5.74) is 1.76. The van der Waals surface area contributed by atoms with Gasteiger partial charge in [0.1, 0.15) is 0 Å². The van der Waals surface area contributed by atoms with Crippen LogP contribution in [-0.4, -0.2) is 15.8 Å². The Labute approximate surface area is 171 Å². The van der Waals surface area contributed by atoms with E-state index < -0.39 is 10.8 Å². The first-order valence-electron chi connectivity index (χ1n) is 7.34. The zero-order chi connectivity index (χ0) is 18.8. The molecule has 3 rings (SSSR count). The molecule has 1 heterocycles. The van der Waals surface area contributed by atoms with E-state index in [1.165, 1.54) is 23.5 Å². The number of thiazole rings is 1. The second-order valence-corrected chi connectivity index (χ2v) is 8.11. The number of nitro benzene ring substituents is 1. The lowest BCUT2D eigenvalue weighted by Gasteiger charge is -2.04. The Morgan fingerprint density at radius 1 is 1.27 bits per heavy atom. The molecule has 132 valence electrons. The standard InChI is InChI=1S/C17H11ClIN3O3S/c1-9-15(10-2-4-11(18)5-3-10)20-17(26-9)21-16(23)13-8-12(22(24)25)6-7-14(13)19/h2-8H,1H3,(H,20,21,23). The lowest BCUT2D eigenvalue weighted by atomic mass is 10.1. The fraction of sp³-hybridized carbons (Fsp3) is 0.0588. The Morgan fingerprint density at radius 3 is 2.62 bits per heavy atom. The molecule has 0 aliphatic rings. The van der Waals surface area contributed by atoms with Crippen molar-refractivity contribution in [3.05, 3.63) is 71.6 Å². The maximum atomic E-state index is 12.5. The second-order valence-electron chi connectivity index (χ2n) is 5.31. The van der Waals surface area contributed by atoms with Crippen molar-refractivity contribution in [3.63, 3.8) is 0 Å². The van der Waals surface area contributed by atoms with Crippen LogP contribution in [0.3, 0.4) is 0 Å². The first kappa shape index (κ1) is 18.7. The number of halogens is 2. The number of nitro groups is 1. The fourth-order valence-corrected chi connectivity index (χ4v) is 3.83. The van der Waals surface area contributed by atoms with Crippen molar-refractivity contribution in [2.24, 2.45) is 0 Å². The van der Waals surface area contributed by atoms with Crippen LogP contribution in [0.25, 0.3) is 11.3 Å². The quantitative estimate of drug-likeness (QED) is 0.290. The number of hydrogen-bond acceptors (Lipinski definition) is 5. The number of anilines is 1. The molecule has 26 heavy (non-hydrogen) atoms. The van der Waals surface area contributed by atoms with Crippen LogP contribution in [0.2, 0.25) is 5.02 Å². The van der Waals surface area contributed by atoms with Gasteiger partial charge in [0, 0.05) is 31.2 Å². The van der Waals surface area contributed by atoms with Gasteiger partial charge in [-0.1, -0.05) is 23.7 Å². The first-order chi connectivity index (χ1) is 12.3. The molecule has 1 aromatic heterocycles. The molecule has 0 atom stereocenters. The van der Waals surface area contributed by atoms with Crippen LogP contribution in [0.4, 0.5) is 10.8 Å². The molecule has 0 saturated carbocycles. The summed E-state index contributed by atoms with van der Waals surface area (Å²) in [6.07, 6.45) is 0. The van der Waals surface area contributed by atoms with Crippen LogP contribution >= 0.6 is 45.5 Å². The molecule has 9 heteroatoms. The summed E-state index contributed by atoms with van der Waals surface area (Å²) in [6, 6.07) is 11.4. The summed E-state index contributed by atoms with van der Waals surface area (Å²) in [5.74, 6) is -0.436. The van der Waals surface area contributed by atoms with Gasteiger partial charge >= 0.3 is 0 Å². The van der Waals surface area contributed by atoms with E-state index in [-0.39, 0.29) is 11.3 Å². The molecular formula is C17H11ClIN3O3S. The molecule has 0 saturated heterocycles. The van der Waals surface area contributed by atoms with E-state index >= 15 is 0 Å². The van der Waals surface area contributed by atoms with Gasteiger partial charge in [-0.2, -0.15) is 0 Å². The van der Waals surface area contributed by atoms with Crippen molar-refractivity contribution in [1.82, 2.24) is 4.98 Å². The van der Waals surface area contributed by atoms with Crippen LogP contribution in [0.5, 0.6) is 0 Å². The average Bonchev–Trinajstić information content (AvgIpc) is 2.96. The van der Waals surface area contributed by atoms with Crippen LogP contribution in [0.1, 0.15) is 15.2 Å². The fourth-order valence-electron chi connectivity index (χ4n) is 2.29. The molecule has 0 spiro atoms. The number of carbonyl (C=O) groups excluding carboxylic acids is 1. The van der Waals surface area contributed by atoms with E-state index in [0.717, 1.165) is 16.1 Å². The van der Waals surface area contributed by atoms with Gasteiger partial charge in [-0.3, -0.25) is 20.2 Å². The molecule has 2 aromatic carbocycles.